The number of fused-ring (bicyclic) bond motifs is 1. The van der Waals surface area contributed by atoms with Crippen molar-refractivity contribution < 1.29 is 31.9 Å². The number of sulfonamides is 1. The lowest BCUT2D eigenvalue weighted by atomic mass is 10.1. The maximum atomic E-state index is 13.6. The van der Waals surface area contributed by atoms with Gasteiger partial charge in [0.25, 0.3) is 0 Å². The third-order valence-corrected chi connectivity index (χ3v) is 6.83. The van der Waals surface area contributed by atoms with E-state index in [1.165, 1.54) is 41.3 Å². The number of nitrogens with one attached hydrogen (secondary N) is 1. The number of ether oxygens (including phenoxy) is 2. The topological polar surface area (TPSA) is 105 Å². The molecule has 36 heavy (non-hydrogen) atoms. The minimum absolute atomic E-state index is 0.00983. The number of carbonyl (C=O) groups excluding carboxylic acids is 2. The van der Waals surface area contributed by atoms with Crippen LogP contribution in [0.15, 0.2) is 42.5 Å². The number of amides is 2. The van der Waals surface area contributed by atoms with Crippen molar-refractivity contribution in [3.8, 4) is 11.5 Å². The number of nitrogens with zero attached hydrogens (tertiary/aromatic N) is 2. The molecule has 0 bridgehead atoms. The van der Waals surface area contributed by atoms with E-state index >= 15 is 0 Å². The third-order valence-electron chi connectivity index (χ3n) is 5.69. The fourth-order valence-electron chi connectivity index (χ4n) is 3.87. The maximum Gasteiger partial charge on any atom is 0.244 e. The molecule has 3 rings (SSSR count). The number of hydrogen-bond acceptors (Lipinski definition) is 6. The van der Waals surface area contributed by atoms with Crippen LogP contribution in [-0.2, 0) is 26.2 Å². The highest BCUT2D eigenvalue weighted by atomic mass is 32.2. The molecule has 9 nitrogen and oxygen atoms in total. The molecule has 2 aromatic carbocycles. The Hall–Kier alpha value is -3.34. The summed E-state index contributed by atoms with van der Waals surface area (Å²) >= 11 is 0. The number of benzene rings is 2. The predicted octanol–water partition coefficient (Wildman–Crippen LogP) is 2.70. The van der Waals surface area contributed by atoms with Gasteiger partial charge in [-0.25, -0.2) is 12.8 Å². The van der Waals surface area contributed by atoms with Gasteiger partial charge in [0.1, 0.15) is 31.6 Å². The Labute approximate surface area is 211 Å². The first-order valence-corrected chi connectivity index (χ1v) is 13.7. The molecule has 1 aliphatic rings. The van der Waals surface area contributed by atoms with Gasteiger partial charge < -0.3 is 19.7 Å². The van der Waals surface area contributed by atoms with Gasteiger partial charge >= 0.3 is 0 Å². The fourth-order valence-corrected chi connectivity index (χ4v) is 4.71. The largest absolute Gasteiger partial charge is 0.486 e. The van der Waals surface area contributed by atoms with Crippen molar-refractivity contribution in [2.75, 3.05) is 36.9 Å². The zero-order chi connectivity index (χ0) is 26.3. The van der Waals surface area contributed by atoms with Crippen LogP contribution in [0.25, 0.3) is 0 Å². The van der Waals surface area contributed by atoms with Crippen molar-refractivity contribution in [3.63, 3.8) is 0 Å². The maximum absolute atomic E-state index is 13.6. The summed E-state index contributed by atoms with van der Waals surface area (Å²) in [7, 11) is -3.88. The van der Waals surface area contributed by atoms with Crippen molar-refractivity contribution in [3.05, 3.63) is 53.8 Å². The molecule has 1 aliphatic heterocycles. The molecule has 1 heterocycles. The summed E-state index contributed by atoms with van der Waals surface area (Å²) < 4.78 is 51.0. The summed E-state index contributed by atoms with van der Waals surface area (Å²) in [5, 5.41) is 2.81. The monoisotopic (exact) mass is 521 g/mol. The number of carbonyl (C=O) groups is 2. The molecule has 0 aromatic heterocycles. The van der Waals surface area contributed by atoms with Gasteiger partial charge in [0.2, 0.25) is 21.8 Å². The molecule has 0 aliphatic carbocycles. The number of rotatable bonds is 11. The van der Waals surface area contributed by atoms with Crippen LogP contribution < -0.4 is 19.1 Å². The second kappa shape index (κ2) is 12.1. The normalized spacial score (nSPS) is 13.6. The summed E-state index contributed by atoms with van der Waals surface area (Å²) in [4.78, 5) is 27.9. The molecule has 2 aromatic rings. The van der Waals surface area contributed by atoms with E-state index in [4.69, 9.17) is 9.47 Å². The Balaban J connectivity index is 1.93. The van der Waals surface area contributed by atoms with Gasteiger partial charge in [-0.15, -0.1) is 0 Å². The van der Waals surface area contributed by atoms with E-state index in [1.54, 1.807) is 13.0 Å². The highest BCUT2D eigenvalue weighted by Gasteiger charge is 2.32. The van der Waals surface area contributed by atoms with E-state index in [2.05, 4.69) is 5.32 Å². The molecule has 0 fully saturated rings. The van der Waals surface area contributed by atoms with E-state index < -0.39 is 34.3 Å². The van der Waals surface area contributed by atoms with Gasteiger partial charge in [0.15, 0.2) is 11.5 Å². The average molecular weight is 522 g/mol. The molecule has 0 saturated carbocycles. The fraction of sp³-hybridized carbons (Fsp3) is 0.440. The van der Waals surface area contributed by atoms with Gasteiger partial charge in [0, 0.05) is 19.2 Å². The minimum atomic E-state index is -3.88. The summed E-state index contributed by atoms with van der Waals surface area (Å²) in [5.74, 6) is -0.459. The SMILES string of the molecule is CCCNC(=O)[C@H](CC)N(Cc1ccc(F)cc1)C(=O)CN(c1ccc2c(c1)OCCO2)S(C)(=O)=O. The first-order valence-electron chi connectivity index (χ1n) is 11.8. The summed E-state index contributed by atoms with van der Waals surface area (Å²) in [6.45, 7) is 4.33. The van der Waals surface area contributed by atoms with Crippen molar-refractivity contribution in [2.45, 2.75) is 39.3 Å². The molecular weight excluding hydrogens is 489 g/mol. The summed E-state index contributed by atoms with van der Waals surface area (Å²) in [5.41, 5.74) is 0.844. The summed E-state index contributed by atoms with van der Waals surface area (Å²) in [6.07, 6.45) is 2.04. The third kappa shape index (κ3) is 6.87. The van der Waals surface area contributed by atoms with E-state index in [1.807, 2.05) is 6.92 Å². The average Bonchev–Trinajstić information content (AvgIpc) is 2.85. The molecule has 1 atom stereocenters. The van der Waals surface area contributed by atoms with Crippen LogP contribution in [0.4, 0.5) is 10.1 Å². The van der Waals surface area contributed by atoms with Crippen LogP contribution in [-0.4, -0.2) is 63.7 Å². The van der Waals surface area contributed by atoms with E-state index in [-0.39, 0.29) is 18.1 Å². The Morgan fingerprint density at radius 2 is 1.72 bits per heavy atom. The summed E-state index contributed by atoms with van der Waals surface area (Å²) in [6, 6.07) is 9.41. The lowest BCUT2D eigenvalue weighted by Gasteiger charge is -2.33. The Morgan fingerprint density at radius 1 is 1.06 bits per heavy atom. The second-order valence-corrected chi connectivity index (χ2v) is 10.4. The van der Waals surface area contributed by atoms with Crippen LogP contribution in [0, 0.1) is 5.82 Å². The molecule has 196 valence electrons. The zero-order valence-electron chi connectivity index (χ0n) is 20.7. The smallest absolute Gasteiger partial charge is 0.244 e. The van der Waals surface area contributed by atoms with Gasteiger partial charge in [-0.2, -0.15) is 0 Å². The highest BCUT2D eigenvalue weighted by molar-refractivity contribution is 7.92. The Morgan fingerprint density at radius 3 is 2.33 bits per heavy atom. The molecule has 11 heteroatoms. The van der Waals surface area contributed by atoms with E-state index in [0.717, 1.165) is 17.0 Å². The first kappa shape index (κ1) is 27.3. The lowest BCUT2D eigenvalue weighted by molar-refractivity contribution is -0.140. The molecule has 2 amide bonds. The van der Waals surface area contributed by atoms with Crippen LogP contribution in [0.1, 0.15) is 32.3 Å². The van der Waals surface area contributed by atoms with Crippen molar-refractivity contribution in [1.29, 1.82) is 0 Å². The van der Waals surface area contributed by atoms with Crippen LogP contribution in [0.3, 0.4) is 0 Å². The number of halogens is 1. The van der Waals surface area contributed by atoms with Crippen LogP contribution >= 0.6 is 0 Å². The van der Waals surface area contributed by atoms with Gasteiger partial charge in [-0.3, -0.25) is 13.9 Å². The highest BCUT2D eigenvalue weighted by Crippen LogP contribution is 2.34. The lowest BCUT2D eigenvalue weighted by Crippen LogP contribution is -2.52. The van der Waals surface area contributed by atoms with Crippen molar-refractivity contribution >= 4 is 27.5 Å². The van der Waals surface area contributed by atoms with Crippen molar-refractivity contribution in [2.24, 2.45) is 0 Å². The Bertz CT molecular complexity index is 1170. The van der Waals surface area contributed by atoms with Crippen molar-refractivity contribution in [1.82, 2.24) is 10.2 Å². The standard InChI is InChI=1S/C25H32FN3O6S/c1-4-12-27-25(31)21(5-2)28(16-18-6-8-19(26)9-7-18)24(30)17-29(36(3,32)33)20-10-11-22-23(15-20)35-14-13-34-22/h6-11,15,21H,4-5,12-14,16-17H2,1-3H3,(H,27,31)/t21-/m0/s1. The molecule has 0 radical (unpaired) electrons. The van der Waals surface area contributed by atoms with Crippen LogP contribution in [0.5, 0.6) is 11.5 Å². The predicted molar refractivity (Wildman–Crippen MR) is 134 cm³/mol. The van der Waals surface area contributed by atoms with Gasteiger partial charge in [0.05, 0.1) is 11.9 Å². The molecular formula is C25H32FN3O6S. The molecule has 0 unspecified atom stereocenters. The Kier molecular flexibility index (Phi) is 9.14. The van der Waals surface area contributed by atoms with Crippen LogP contribution in [0.2, 0.25) is 0 Å². The van der Waals surface area contributed by atoms with E-state index in [9.17, 15) is 22.4 Å². The second-order valence-electron chi connectivity index (χ2n) is 8.46. The molecule has 0 spiro atoms. The quantitative estimate of drug-likeness (QED) is 0.488. The van der Waals surface area contributed by atoms with Gasteiger partial charge in [-0.05, 0) is 42.7 Å². The zero-order valence-corrected chi connectivity index (χ0v) is 21.5. The molecule has 1 N–H and O–H groups in total. The van der Waals surface area contributed by atoms with Gasteiger partial charge in [-0.1, -0.05) is 26.0 Å². The van der Waals surface area contributed by atoms with E-state index in [0.29, 0.717) is 43.2 Å². The first-order chi connectivity index (χ1) is 17.1. The molecule has 0 saturated heterocycles. The minimum Gasteiger partial charge on any atom is -0.486 e. The number of anilines is 1. The number of hydrogen-bond donors (Lipinski definition) is 1.